The molecule has 0 amide bonds. The standard InChI is InChI=1S/C17H12Cl2N2O5/c1-24-11-4-2-9(3-5-11)8-25-14-12(18)6-10(7-13(14)19)15-20-16(17(22)23)26-21-15/h2-7H,8H2,1H3,(H,22,23). The van der Waals surface area contributed by atoms with E-state index in [-0.39, 0.29) is 22.5 Å². The lowest BCUT2D eigenvalue weighted by molar-refractivity contribution is 0.0643. The fourth-order valence-electron chi connectivity index (χ4n) is 2.13. The molecular weight excluding hydrogens is 383 g/mol. The minimum absolute atomic E-state index is 0.0629. The molecule has 0 aliphatic heterocycles. The third-order valence-corrected chi connectivity index (χ3v) is 3.97. The summed E-state index contributed by atoms with van der Waals surface area (Å²) >= 11 is 12.5. The number of aromatic carboxylic acids is 1. The van der Waals surface area contributed by atoms with Crippen LogP contribution in [0, 0.1) is 0 Å². The first-order valence-corrected chi connectivity index (χ1v) is 8.05. The minimum atomic E-state index is -1.32. The van der Waals surface area contributed by atoms with Gasteiger partial charge in [0, 0.05) is 5.56 Å². The number of hydrogen-bond acceptors (Lipinski definition) is 6. The van der Waals surface area contributed by atoms with E-state index in [0.717, 1.165) is 11.3 Å². The van der Waals surface area contributed by atoms with Crippen LogP contribution in [-0.2, 0) is 6.61 Å². The quantitative estimate of drug-likeness (QED) is 0.664. The van der Waals surface area contributed by atoms with E-state index in [0.29, 0.717) is 11.3 Å². The molecule has 134 valence electrons. The molecule has 2 aromatic carbocycles. The average molecular weight is 395 g/mol. The molecule has 7 nitrogen and oxygen atoms in total. The zero-order chi connectivity index (χ0) is 18.7. The fraction of sp³-hybridized carbons (Fsp3) is 0.118. The minimum Gasteiger partial charge on any atom is -0.497 e. The number of carbonyl (C=O) groups is 1. The summed E-state index contributed by atoms with van der Waals surface area (Å²) in [6.07, 6.45) is 0. The van der Waals surface area contributed by atoms with Crippen LogP contribution >= 0.6 is 23.2 Å². The predicted molar refractivity (Wildman–Crippen MR) is 94.0 cm³/mol. The van der Waals surface area contributed by atoms with Crippen molar-refractivity contribution in [3.8, 4) is 22.9 Å². The largest absolute Gasteiger partial charge is 0.497 e. The van der Waals surface area contributed by atoms with Crippen molar-refractivity contribution >= 4 is 29.2 Å². The van der Waals surface area contributed by atoms with Gasteiger partial charge < -0.3 is 19.1 Å². The highest BCUT2D eigenvalue weighted by Crippen LogP contribution is 2.37. The van der Waals surface area contributed by atoms with Gasteiger partial charge >= 0.3 is 11.9 Å². The van der Waals surface area contributed by atoms with Crippen LogP contribution in [0.2, 0.25) is 10.0 Å². The van der Waals surface area contributed by atoms with E-state index in [1.54, 1.807) is 7.11 Å². The molecule has 0 saturated carbocycles. The van der Waals surface area contributed by atoms with Crippen LogP contribution in [-0.4, -0.2) is 28.3 Å². The maximum absolute atomic E-state index is 10.8. The van der Waals surface area contributed by atoms with Gasteiger partial charge in [-0.3, -0.25) is 0 Å². The highest BCUT2D eigenvalue weighted by Gasteiger charge is 2.17. The fourth-order valence-corrected chi connectivity index (χ4v) is 2.73. The summed E-state index contributed by atoms with van der Waals surface area (Å²) < 4.78 is 15.4. The van der Waals surface area contributed by atoms with E-state index in [1.165, 1.54) is 12.1 Å². The number of benzene rings is 2. The highest BCUT2D eigenvalue weighted by atomic mass is 35.5. The number of hydrogen-bond donors (Lipinski definition) is 1. The van der Waals surface area contributed by atoms with Gasteiger partial charge in [-0.25, -0.2) is 4.79 Å². The molecule has 26 heavy (non-hydrogen) atoms. The molecule has 3 rings (SSSR count). The molecule has 0 bridgehead atoms. The smallest absolute Gasteiger partial charge is 0.394 e. The van der Waals surface area contributed by atoms with E-state index in [4.69, 9.17) is 37.8 Å². The Morgan fingerprint density at radius 2 is 1.85 bits per heavy atom. The van der Waals surface area contributed by atoms with Crippen LogP contribution in [0.5, 0.6) is 11.5 Å². The second-order valence-electron chi connectivity index (χ2n) is 5.13. The SMILES string of the molecule is COc1ccc(COc2c(Cl)cc(-c3noc(C(=O)O)n3)cc2Cl)cc1. The van der Waals surface area contributed by atoms with E-state index < -0.39 is 11.9 Å². The summed E-state index contributed by atoms with van der Waals surface area (Å²) in [5.41, 5.74) is 1.32. The Morgan fingerprint density at radius 3 is 2.38 bits per heavy atom. The van der Waals surface area contributed by atoms with Crippen molar-refractivity contribution < 1.29 is 23.9 Å². The Hall–Kier alpha value is -2.77. The van der Waals surface area contributed by atoms with E-state index in [1.807, 2.05) is 24.3 Å². The van der Waals surface area contributed by atoms with Gasteiger partial charge in [0.25, 0.3) is 0 Å². The Morgan fingerprint density at radius 1 is 1.19 bits per heavy atom. The van der Waals surface area contributed by atoms with Crippen molar-refractivity contribution in [2.75, 3.05) is 7.11 Å². The average Bonchev–Trinajstić information content (AvgIpc) is 3.12. The molecule has 0 fully saturated rings. The first-order chi connectivity index (χ1) is 12.5. The molecule has 0 atom stereocenters. The molecule has 1 N–H and O–H groups in total. The lowest BCUT2D eigenvalue weighted by Gasteiger charge is -2.11. The van der Waals surface area contributed by atoms with Crippen molar-refractivity contribution in [2.45, 2.75) is 6.61 Å². The Balaban J connectivity index is 1.79. The summed E-state index contributed by atoms with van der Waals surface area (Å²) in [6, 6.07) is 10.4. The topological polar surface area (TPSA) is 94.7 Å². The second-order valence-corrected chi connectivity index (χ2v) is 5.95. The summed E-state index contributed by atoms with van der Waals surface area (Å²) in [5, 5.41) is 12.9. The maximum atomic E-state index is 10.8. The number of methoxy groups -OCH3 is 1. The third kappa shape index (κ3) is 3.89. The van der Waals surface area contributed by atoms with Gasteiger partial charge in [0.05, 0.1) is 17.2 Å². The monoisotopic (exact) mass is 394 g/mol. The van der Waals surface area contributed by atoms with Crippen molar-refractivity contribution in [2.24, 2.45) is 0 Å². The number of ether oxygens (including phenoxy) is 2. The van der Waals surface area contributed by atoms with Gasteiger partial charge in [-0.1, -0.05) is 40.5 Å². The molecule has 0 aliphatic rings. The van der Waals surface area contributed by atoms with Gasteiger partial charge in [0.2, 0.25) is 5.82 Å². The van der Waals surface area contributed by atoms with E-state index in [2.05, 4.69) is 14.7 Å². The van der Waals surface area contributed by atoms with Gasteiger partial charge in [-0.2, -0.15) is 4.98 Å². The Kier molecular flexibility index (Phi) is 5.29. The number of rotatable bonds is 6. The molecule has 0 unspecified atom stereocenters. The summed E-state index contributed by atoms with van der Waals surface area (Å²) in [7, 11) is 1.59. The molecule has 0 spiro atoms. The molecule has 9 heteroatoms. The summed E-state index contributed by atoms with van der Waals surface area (Å²) in [5.74, 6) is -0.731. The van der Waals surface area contributed by atoms with Crippen molar-refractivity contribution in [3.05, 3.63) is 57.9 Å². The van der Waals surface area contributed by atoms with Gasteiger partial charge in [-0.15, -0.1) is 0 Å². The number of carboxylic acids is 1. The van der Waals surface area contributed by atoms with Gasteiger partial charge in [-0.05, 0) is 29.8 Å². The van der Waals surface area contributed by atoms with Crippen LogP contribution < -0.4 is 9.47 Å². The Bertz CT molecular complexity index is 918. The lowest BCUT2D eigenvalue weighted by atomic mass is 10.2. The lowest BCUT2D eigenvalue weighted by Crippen LogP contribution is -1.98. The summed E-state index contributed by atoms with van der Waals surface area (Å²) in [4.78, 5) is 14.6. The number of carboxylic acid groups (broad SMARTS) is 1. The maximum Gasteiger partial charge on any atom is 0.394 e. The molecular formula is C17H12Cl2N2O5. The first-order valence-electron chi connectivity index (χ1n) is 7.30. The van der Waals surface area contributed by atoms with Crippen LogP contribution in [0.25, 0.3) is 11.4 Å². The predicted octanol–water partition coefficient (Wildman–Crippen LogP) is 4.33. The van der Waals surface area contributed by atoms with Crippen LogP contribution in [0.15, 0.2) is 40.9 Å². The molecule has 0 saturated heterocycles. The van der Waals surface area contributed by atoms with Crippen LogP contribution in [0.3, 0.4) is 0 Å². The Labute approximate surface area is 158 Å². The highest BCUT2D eigenvalue weighted by molar-refractivity contribution is 6.37. The second kappa shape index (κ2) is 7.63. The summed E-state index contributed by atoms with van der Waals surface area (Å²) in [6.45, 7) is 0.258. The molecule has 0 aliphatic carbocycles. The third-order valence-electron chi connectivity index (χ3n) is 3.41. The number of nitrogens with zero attached hydrogens (tertiary/aromatic N) is 2. The first kappa shape index (κ1) is 18.0. The normalized spacial score (nSPS) is 10.6. The van der Waals surface area contributed by atoms with Crippen molar-refractivity contribution in [1.82, 2.24) is 10.1 Å². The molecule has 3 aromatic rings. The van der Waals surface area contributed by atoms with Crippen molar-refractivity contribution in [3.63, 3.8) is 0 Å². The van der Waals surface area contributed by atoms with Gasteiger partial charge in [0.1, 0.15) is 12.4 Å². The van der Waals surface area contributed by atoms with Crippen LogP contribution in [0.4, 0.5) is 0 Å². The van der Waals surface area contributed by atoms with Gasteiger partial charge in [0.15, 0.2) is 5.75 Å². The zero-order valence-corrected chi connectivity index (χ0v) is 14.9. The molecule has 1 heterocycles. The van der Waals surface area contributed by atoms with Crippen LogP contribution in [0.1, 0.15) is 16.2 Å². The molecule has 1 aromatic heterocycles. The van der Waals surface area contributed by atoms with E-state index in [9.17, 15) is 4.79 Å². The van der Waals surface area contributed by atoms with Crippen molar-refractivity contribution in [1.29, 1.82) is 0 Å². The van der Waals surface area contributed by atoms with E-state index >= 15 is 0 Å². The zero-order valence-electron chi connectivity index (χ0n) is 13.4. The molecule has 0 radical (unpaired) electrons. The number of aromatic nitrogens is 2. The number of halogens is 2.